The van der Waals surface area contributed by atoms with Gasteiger partial charge in [-0.3, -0.25) is 10.1 Å². The van der Waals surface area contributed by atoms with E-state index in [2.05, 4.69) is 10.3 Å². The lowest BCUT2D eigenvalue weighted by Crippen LogP contribution is -2.15. The second kappa shape index (κ2) is 7.15. The third-order valence-electron chi connectivity index (χ3n) is 4.40. The number of nitrogens with one attached hydrogen (secondary N) is 1. The summed E-state index contributed by atoms with van der Waals surface area (Å²) >= 11 is 1.51. The quantitative estimate of drug-likeness (QED) is 0.683. The van der Waals surface area contributed by atoms with Crippen LogP contribution in [0.15, 0.2) is 33.5 Å². The van der Waals surface area contributed by atoms with Gasteiger partial charge in [0.25, 0.3) is 5.91 Å². The Kier molecular flexibility index (Phi) is 4.70. The SMILES string of the molecule is CC(C)Oc1ccc2c(C(=O)Nc3nc4c(s3)CCCC4)cc(=O)oc2c1. The molecular weight excluding hydrogens is 364 g/mol. The van der Waals surface area contributed by atoms with Crippen LogP contribution in [0.25, 0.3) is 11.0 Å². The summed E-state index contributed by atoms with van der Waals surface area (Å²) < 4.78 is 10.9. The fourth-order valence-electron chi connectivity index (χ4n) is 3.25. The van der Waals surface area contributed by atoms with Crippen molar-refractivity contribution in [3.63, 3.8) is 0 Å². The van der Waals surface area contributed by atoms with Crippen LogP contribution in [-0.2, 0) is 12.8 Å². The third-order valence-corrected chi connectivity index (χ3v) is 5.47. The number of hydrogen-bond acceptors (Lipinski definition) is 6. The van der Waals surface area contributed by atoms with E-state index in [4.69, 9.17) is 9.15 Å². The molecule has 0 atom stereocenters. The van der Waals surface area contributed by atoms with Crippen molar-refractivity contribution in [2.24, 2.45) is 0 Å². The molecule has 6 nitrogen and oxygen atoms in total. The van der Waals surface area contributed by atoms with Gasteiger partial charge in [-0.15, -0.1) is 11.3 Å². The maximum atomic E-state index is 12.8. The predicted octanol–water partition coefficient (Wildman–Crippen LogP) is 4.17. The van der Waals surface area contributed by atoms with Crippen molar-refractivity contribution >= 4 is 33.3 Å². The molecule has 0 radical (unpaired) electrons. The van der Waals surface area contributed by atoms with Crippen molar-refractivity contribution in [1.82, 2.24) is 4.98 Å². The molecule has 0 saturated heterocycles. The van der Waals surface area contributed by atoms with Crippen LogP contribution in [0.1, 0.15) is 47.6 Å². The van der Waals surface area contributed by atoms with Gasteiger partial charge in [-0.1, -0.05) is 0 Å². The van der Waals surface area contributed by atoms with E-state index in [0.717, 1.165) is 31.4 Å². The zero-order chi connectivity index (χ0) is 19.0. The van der Waals surface area contributed by atoms with Gasteiger partial charge in [0, 0.05) is 22.4 Å². The van der Waals surface area contributed by atoms with Crippen LogP contribution in [0.2, 0.25) is 0 Å². The van der Waals surface area contributed by atoms with Crippen LogP contribution in [0, 0.1) is 0 Å². The highest BCUT2D eigenvalue weighted by Crippen LogP contribution is 2.30. The number of carbonyl (C=O) groups is 1. The van der Waals surface area contributed by atoms with Gasteiger partial charge in [0.2, 0.25) is 0 Å². The summed E-state index contributed by atoms with van der Waals surface area (Å²) in [4.78, 5) is 30.5. The van der Waals surface area contributed by atoms with E-state index >= 15 is 0 Å². The second-order valence-electron chi connectivity index (χ2n) is 6.85. The highest BCUT2D eigenvalue weighted by molar-refractivity contribution is 7.15. The number of aryl methyl sites for hydroxylation is 2. The van der Waals surface area contributed by atoms with E-state index in [-0.39, 0.29) is 17.6 Å². The maximum absolute atomic E-state index is 12.8. The number of thiazole rings is 1. The molecule has 0 bridgehead atoms. The van der Waals surface area contributed by atoms with Crippen LogP contribution < -0.4 is 15.7 Å². The van der Waals surface area contributed by atoms with Gasteiger partial charge in [0.05, 0.1) is 17.4 Å². The lowest BCUT2D eigenvalue weighted by molar-refractivity contribution is 0.102. The first kappa shape index (κ1) is 17.7. The van der Waals surface area contributed by atoms with Gasteiger partial charge < -0.3 is 9.15 Å². The minimum atomic E-state index is -0.576. The first-order chi connectivity index (χ1) is 13.0. The number of hydrogen-bond donors (Lipinski definition) is 1. The number of benzene rings is 1. The number of aromatic nitrogens is 1. The number of amides is 1. The molecule has 4 rings (SSSR count). The van der Waals surface area contributed by atoms with Crippen LogP contribution >= 0.6 is 11.3 Å². The van der Waals surface area contributed by atoms with E-state index in [1.54, 1.807) is 18.2 Å². The third kappa shape index (κ3) is 3.73. The largest absolute Gasteiger partial charge is 0.491 e. The highest BCUT2D eigenvalue weighted by atomic mass is 32.1. The van der Waals surface area contributed by atoms with Crippen molar-refractivity contribution in [2.75, 3.05) is 5.32 Å². The van der Waals surface area contributed by atoms with E-state index < -0.39 is 5.63 Å². The highest BCUT2D eigenvalue weighted by Gasteiger charge is 2.19. The Morgan fingerprint density at radius 2 is 2.07 bits per heavy atom. The van der Waals surface area contributed by atoms with Crippen molar-refractivity contribution in [2.45, 2.75) is 45.6 Å². The van der Waals surface area contributed by atoms with Crippen molar-refractivity contribution < 1.29 is 13.9 Å². The van der Waals surface area contributed by atoms with Crippen molar-refractivity contribution in [3.8, 4) is 5.75 Å². The molecule has 0 saturated carbocycles. The summed E-state index contributed by atoms with van der Waals surface area (Å²) in [5.74, 6) is 0.224. The Morgan fingerprint density at radius 3 is 2.85 bits per heavy atom. The standard InChI is InChI=1S/C20H20N2O4S/c1-11(2)25-12-7-8-13-14(10-18(23)26-16(13)9-12)19(24)22-20-21-15-5-3-4-6-17(15)27-20/h7-11H,3-6H2,1-2H3,(H,21,22,24). The Balaban J connectivity index is 1.66. The monoisotopic (exact) mass is 384 g/mol. The van der Waals surface area contributed by atoms with Crippen LogP contribution in [0.3, 0.4) is 0 Å². The number of carbonyl (C=O) groups excluding carboxylic acids is 1. The molecule has 1 N–H and O–H groups in total. The summed E-state index contributed by atoms with van der Waals surface area (Å²) in [5, 5.41) is 3.97. The fourth-order valence-corrected chi connectivity index (χ4v) is 4.29. The van der Waals surface area contributed by atoms with Crippen LogP contribution in [-0.4, -0.2) is 17.0 Å². The zero-order valence-electron chi connectivity index (χ0n) is 15.2. The summed E-state index contributed by atoms with van der Waals surface area (Å²) in [6.45, 7) is 3.83. The van der Waals surface area contributed by atoms with E-state index in [0.29, 0.717) is 21.9 Å². The van der Waals surface area contributed by atoms with E-state index in [1.165, 1.54) is 22.3 Å². The summed E-state index contributed by atoms with van der Waals surface area (Å²) in [6.07, 6.45) is 4.26. The summed E-state index contributed by atoms with van der Waals surface area (Å²) in [5.41, 5.74) is 1.09. The van der Waals surface area contributed by atoms with E-state index in [9.17, 15) is 9.59 Å². The average molecular weight is 384 g/mol. The number of anilines is 1. The molecule has 1 aliphatic carbocycles. The minimum Gasteiger partial charge on any atom is -0.491 e. The molecule has 0 fully saturated rings. The van der Waals surface area contributed by atoms with Gasteiger partial charge >= 0.3 is 5.63 Å². The molecule has 27 heavy (non-hydrogen) atoms. The van der Waals surface area contributed by atoms with E-state index in [1.807, 2.05) is 13.8 Å². The Morgan fingerprint density at radius 1 is 1.26 bits per heavy atom. The number of nitrogens with zero attached hydrogens (tertiary/aromatic N) is 1. The molecule has 2 heterocycles. The molecule has 1 amide bonds. The van der Waals surface area contributed by atoms with Gasteiger partial charge in [-0.05, 0) is 51.7 Å². The maximum Gasteiger partial charge on any atom is 0.337 e. The number of fused-ring (bicyclic) bond motifs is 2. The average Bonchev–Trinajstić information content (AvgIpc) is 3.02. The Hall–Kier alpha value is -2.67. The van der Waals surface area contributed by atoms with Crippen molar-refractivity contribution in [3.05, 3.63) is 50.8 Å². The van der Waals surface area contributed by atoms with Gasteiger partial charge in [-0.25, -0.2) is 9.78 Å². The molecule has 0 unspecified atom stereocenters. The summed E-state index contributed by atoms with van der Waals surface area (Å²) in [7, 11) is 0. The molecule has 3 aromatic rings. The van der Waals surface area contributed by atoms with Crippen molar-refractivity contribution in [1.29, 1.82) is 0 Å². The Labute approximate surface area is 160 Å². The minimum absolute atomic E-state index is 0.00316. The second-order valence-corrected chi connectivity index (χ2v) is 7.94. The fraction of sp³-hybridized carbons (Fsp3) is 0.350. The normalized spacial score (nSPS) is 13.6. The molecule has 7 heteroatoms. The van der Waals surface area contributed by atoms with Gasteiger partial charge in [0.1, 0.15) is 11.3 Å². The lowest BCUT2D eigenvalue weighted by atomic mass is 10.0. The van der Waals surface area contributed by atoms with Crippen LogP contribution in [0.4, 0.5) is 5.13 Å². The molecule has 140 valence electrons. The zero-order valence-corrected chi connectivity index (χ0v) is 16.0. The lowest BCUT2D eigenvalue weighted by Gasteiger charge is -2.11. The molecule has 0 aliphatic heterocycles. The molecule has 1 aromatic carbocycles. The smallest absolute Gasteiger partial charge is 0.337 e. The summed E-state index contributed by atoms with van der Waals surface area (Å²) in [6, 6.07) is 6.35. The molecule has 1 aliphatic rings. The van der Waals surface area contributed by atoms with Crippen LogP contribution in [0.5, 0.6) is 5.75 Å². The molecule has 0 spiro atoms. The first-order valence-electron chi connectivity index (χ1n) is 9.04. The number of ether oxygens (including phenoxy) is 1. The van der Waals surface area contributed by atoms with Gasteiger partial charge in [0.15, 0.2) is 5.13 Å². The molecular formula is C20H20N2O4S. The first-order valence-corrected chi connectivity index (χ1v) is 9.86. The topological polar surface area (TPSA) is 81.4 Å². The Bertz CT molecular complexity index is 1040. The predicted molar refractivity (Wildman–Crippen MR) is 105 cm³/mol. The van der Waals surface area contributed by atoms with Gasteiger partial charge in [-0.2, -0.15) is 0 Å². The number of rotatable bonds is 4. The molecule has 2 aromatic heterocycles.